The first-order chi connectivity index (χ1) is 6.35. The molecule has 13 heavy (non-hydrogen) atoms. The van der Waals surface area contributed by atoms with Gasteiger partial charge >= 0.3 is 0 Å². The highest BCUT2D eigenvalue weighted by atomic mass is 16.5. The molecule has 0 aromatic heterocycles. The van der Waals surface area contributed by atoms with Crippen LogP contribution >= 0.6 is 0 Å². The van der Waals surface area contributed by atoms with Crippen LogP contribution in [0, 0.1) is 0 Å². The Morgan fingerprint density at radius 2 is 1.85 bits per heavy atom. The normalized spacial score (nSPS) is 11.8. The number of rotatable bonds is 7. The third-order valence-corrected chi connectivity index (χ3v) is 1.72. The van der Waals surface area contributed by atoms with Crippen molar-refractivity contribution < 1.29 is 14.9 Å². The maximum atomic E-state index is 8.50. The molecule has 1 unspecified atom stereocenters. The Bertz CT molecular complexity index is 76.6. The van der Waals surface area contributed by atoms with Crippen molar-refractivity contribution >= 4 is 0 Å². The number of hydrogen-bond acceptors (Lipinski definition) is 3. The fourth-order valence-electron chi connectivity index (χ4n) is 1.04. The summed E-state index contributed by atoms with van der Waals surface area (Å²) in [7, 11) is 1.00. The number of hydrogen-bond donors (Lipinski definition) is 2. The van der Waals surface area contributed by atoms with E-state index in [2.05, 4.69) is 13.8 Å². The van der Waals surface area contributed by atoms with Gasteiger partial charge in [0.05, 0.1) is 6.10 Å². The minimum absolute atomic E-state index is 0.239. The summed E-state index contributed by atoms with van der Waals surface area (Å²) < 4.78 is 5.51. The first kappa shape index (κ1) is 15.4. The highest BCUT2D eigenvalue weighted by Crippen LogP contribution is 2.06. The van der Waals surface area contributed by atoms with Gasteiger partial charge < -0.3 is 14.9 Å². The van der Waals surface area contributed by atoms with E-state index in [9.17, 15) is 0 Å². The van der Waals surface area contributed by atoms with Gasteiger partial charge in [0.25, 0.3) is 0 Å². The largest absolute Gasteiger partial charge is 0.400 e. The fourth-order valence-corrected chi connectivity index (χ4v) is 1.04. The molecule has 0 radical (unpaired) electrons. The first-order valence-electron chi connectivity index (χ1n) is 5.02. The third-order valence-electron chi connectivity index (χ3n) is 1.72. The maximum absolute atomic E-state index is 8.50. The second-order valence-electron chi connectivity index (χ2n) is 2.77. The highest BCUT2D eigenvalue weighted by molar-refractivity contribution is 4.53. The molecule has 0 saturated carbocycles. The van der Waals surface area contributed by atoms with Gasteiger partial charge in [-0.25, -0.2) is 0 Å². The number of aliphatic hydroxyl groups excluding tert-OH is 2. The summed E-state index contributed by atoms with van der Waals surface area (Å²) in [6.07, 6.45) is 4.57. The Kier molecular flexibility index (Phi) is 17.0. The maximum Gasteiger partial charge on any atom is 0.0572 e. The van der Waals surface area contributed by atoms with Crippen molar-refractivity contribution in [3.05, 3.63) is 0 Å². The predicted octanol–water partition coefficient (Wildman–Crippen LogP) is 1.57. The van der Waals surface area contributed by atoms with Crippen LogP contribution in [0.2, 0.25) is 0 Å². The van der Waals surface area contributed by atoms with Crippen molar-refractivity contribution in [1.82, 2.24) is 0 Å². The van der Waals surface area contributed by atoms with Crippen LogP contribution in [0.5, 0.6) is 0 Å². The Hall–Kier alpha value is -0.120. The summed E-state index contributed by atoms with van der Waals surface area (Å²) in [4.78, 5) is 0. The van der Waals surface area contributed by atoms with Gasteiger partial charge in [0.2, 0.25) is 0 Å². The van der Waals surface area contributed by atoms with Crippen molar-refractivity contribution in [2.75, 3.05) is 20.3 Å². The van der Waals surface area contributed by atoms with Crippen molar-refractivity contribution in [3.8, 4) is 0 Å². The molecule has 0 aliphatic carbocycles. The molecule has 2 N–H and O–H groups in total. The molecule has 0 rings (SSSR count). The quantitative estimate of drug-likeness (QED) is 0.602. The molecule has 1 atom stereocenters. The zero-order valence-electron chi connectivity index (χ0n) is 9.12. The van der Waals surface area contributed by atoms with Gasteiger partial charge in [0, 0.05) is 20.3 Å². The lowest BCUT2D eigenvalue weighted by molar-refractivity contribution is 0.0361. The molecule has 0 aliphatic rings. The van der Waals surface area contributed by atoms with Crippen LogP contribution in [0.1, 0.15) is 39.5 Å². The lowest BCUT2D eigenvalue weighted by atomic mass is 10.2. The van der Waals surface area contributed by atoms with Crippen molar-refractivity contribution in [3.63, 3.8) is 0 Å². The van der Waals surface area contributed by atoms with E-state index in [1.807, 2.05) is 0 Å². The molecule has 0 bridgehead atoms. The fraction of sp³-hybridized carbons (Fsp3) is 1.00. The second-order valence-corrected chi connectivity index (χ2v) is 2.77. The minimum Gasteiger partial charge on any atom is -0.400 e. The average Bonchev–Trinajstić information content (AvgIpc) is 2.20. The SMILES string of the molecule is CCCC(CC)OCCCO.CO. The summed E-state index contributed by atoms with van der Waals surface area (Å²) in [6.45, 7) is 5.24. The summed E-state index contributed by atoms with van der Waals surface area (Å²) in [6, 6.07) is 0. The van der Waals surface area contributed by atoms with Crippen molar-refractivity contribution in [2.24, 2.45) is 0 Å². The topological polar surface area (TPSA) is 49.7 Å². The molecule has 0 heterocycles. The highest BCUT2D eigenvalue weighted by Gasteiger charge is 2.03. The summed E-state index contributed by atoms with van der Waals surface area (Å²) >= 11 is 0. The molecule has 3 nitrogen and oxygen atoms in total. The molecule has 0 aliphatic heterocycles. The number of ether oxygens (including phenoxy) is 1. The van der Waals surface area contributed by atoms with Gasteiger partial charge in [-0.15, -0.1) is 0 Å². The van der Waals surface area contributed by atoms with Gasteiger partial charge in [-0.05, 0) is 19.3 Å². The van der Waals surface area contributed by atoms with Crippen molar-refractivity contribution in [1.29, 1.82) is 0 Å². The molecule has 0 aromatic rings. The van der Waals surface area contributed by atoms with Gasteiger partial charge in [-0.2, -0.15) is 0 Å². The van der Waals surface area contributed by atoms with E-state index in [0.717, 1.165) is 26.4 Å². The van der Waals surface area contributed by atoms with E-state index in [-0.39, 0.29) is 6.61 Å². The van der Waals surface area contributed by atoms with Crippen LogP contribution in [-0.2, 0) is 4.74 Å². The van der Waals surface area contributed by atoms with Crippen LogP contribution in [0.15, 0.2) is 0 Å². The second kappa shape index (κ2) is 14.4. The van der Waals surface area contributed by atoms with E-state index in [4.69, 9.17) is 14.9 Å². The minimum atomic E-state index is 0.239. The molecule has 0 aromatic carbocycles. The Morgan fingerprint density at radius 3 is 2.23 bits per heavy atom. The zero-order chi connectivity index (χ0) is 10.5. The van der Waals surface area contributed by atoms with E-state index >= 15 is 0 Å². The predicted molar refractivity (Wildman–Crippen MR) is 54.8 cm³/mol. The molecular weight excluding hydrogens is 168 g/mol. The smallest absolute Gasteiger partial charge is 0.0572 e. The van der Waals surface area contributed by atoms with E-state index in [0.29, 0.717) is 12.7 Å². The molecular formula is C10H24O3. The van der Waals surface area contributed by atoms with Gasteiger partial charge in [-0.3, -0.25) is 0 Å². The molecule has 0 fully saturated rings. The summed E-state index contributed by atoms with van der Waals surface area (Å²) in [5, 5.41) is 15.5. The van der Waals surface area contributed by atoms with E-state index in [1.54, 1.807) is 0 Å². The van der Waals surface area contributed by atoms with Gasteiger partial charge in [-0.1, -0.05) is 20.3 Å². The van der Waals surface area contributed by atoms with Crippen molar-refractivity contribution in [2.45, 2.75) is 45.6 Å². The Balaban J connectivity index is 0. The first-order valence-corrected chi connectivity index (χ1v) is 5.02. The molecule has 0 saturated heterocycles. The summed E-state index contributed by atoms with van der Waals surface area (Å²) in [5.41, 5.74) is 0. The monoisotopic (exact) mass is 192 g/mol. The van der Waals surface area contributed by atoms with Crippen LogP contribution in [0.25, 0.3) is 0 Å². The van der Waals surface area contributed by atoms with Crippen LogP contribution < -0.4 is 0 Å². The van der Waals surface area contributed by atoms with E-state index < -0.39 is 0 Å². The van der Waals surface area contributed by atoms with Gasteiger partial charge in [0.15, 0.2) is 0 Å². The number of aliphatic hydroxyl groups is 2. The molecule has 82 valence electrons. The van der Waals surface area contributed by atoms with Crippen LogP contribution in [-0.4, -0.2) is 36.6 Å². The van der Waals surface area contributed by atoms with Gasteiger partial charge in [0.1, 0.15) is 0 Å². The standard InChI is InChI=1S/C9H20O2.CH4O/c1-3-6-9(4-2)11-8-5-7-10;1-2/h9-10H,3-8H2,1-2H3;2H,1H3. The zero-order valence-corrected chi connectivity index (χ0v) is 9.12. The molecule has 0 spiro atoms. The van der Waals surface area contributed by atoms with Crippen LogP contribution in [0.3, 0.4) is 0 Å². The van der Waals surface area contributed by atoms with E-state index in [1.165, 1.54) is 6.42 Å². The third kappa shape index (κ3) is 11.9. The Morgan fingerprint density at radius 1 is 1.23 bits per heavy atom. The van der Waals surface area contributed by atoms with Crippen LogP contribution in [0.4, 0.5) is 0 Å². The summed E-state index contributed by atoms with van der Waals surface area (Å²) in [5.74, 6) is 0. The lowest BCUT2D eigenvalue weighted by Gasteiger charge is -2.14. The lowest BCUT2D eigenvalue weighted by Crippen LogP contribution is -2.12. The molecule has 0 amide bonds. The Labute approximate surface area is 81.7 Å². The average molecular weight is 192 g/mol. The molecule has 3 heteroatoms.